The second kappa shape index (κ2) is 12.0. The third-order valence-electron chi connectivity index (χ3n) is 7.45. The van der Waals surface area contributed by atoms with E-state index < -0.39 is 0 Å². The van der Waals surface area contributed by atoms with Crippen LogP contribution in [0.5, 0.6) is 0 Å². The van der Waals surface area contributed by atoms with Gasteiger partial charge in [-0.2, -0.15) is 0 Å². The number of fused-ring (bicyclic) bond motifs is 1. The van der Waals surface area contributed by atoms with E-state index in [-0.39, 0.29) is 5.82 Å². The molecule has 1 saturated carbocycles. The van der Waals surface area contributed by atoms with E-state index in [4.69, 9.17) is 0 Å². The molecule has 0 atom stereocenters. The topological polar surface area (TPSA) is 0 Å². The van der Waals surface area contributed by atoms with Crippen LogP contribution in [0.1, 0.15) is 80.5 Å². The van der Waals surface area contributed by atoms with Gasteiger partial charge >= 0.3 is 0 Å². The summed E-state index contributed by atoms with van der Waals surface area (Å²) in [6.45, 7) is 6.16. The molecular weight excluding hydrogens is 415 g/mol. The second-order valence-electron chi connectivity index (χ2n) is 9.94. The highest BCUT2D eigenvalue weighted by Crippen LogP contribution is 2.32. The van der Waals surface area contributed by atoms with Crippen molar-refractivity contribution in [2.75, 3.05) is 0 Å². The fourth-order valence-electron chi connectivity index (χ4n) is 5.15. The van der Waals surface area contributed by atoms with Gasteiger partial charge in [0.1, 0.15) is 5.82 Å². The summed E-state index contributed by atoms with van der Waals surface area (Å²) in [6, 6.07) is 18.4. The molecule has 4 rings (SSSR count). The lowest BCUT2D eigenvalue weighted by molar-refractivity contribution is 0.296. The third-order valence-corrected chi connectivity index (χ3v) is 7.45. The largest absolute Gasteiger partial charge is 0.205 e. The van der Waals surface area contributed by atoms with E-state index in [9.17, 15) is 0 Å². The molecule has 1 fully saturated rings. The Morgan fingerprint density at radius 2 is 1.65 bits per heavy atom. The summed E-state index contributed by atoms with van der Waals surface area (Å²) >= 11 is 0. The molecule has 0 N–H and O–H groups in total. The Hall–Kier alpha value is -2.85. The van der Waals surface area contributed by atoms with E-state index in [1.165, 1.54) is 62.5 Å². The zero-order chi connectivity index (χ0) is 23.8. The fraction of sp³-hybridized carbons (Fsp3) is 0.394. The summed E-state index contributed by atoms with van der Waals surface area (Å²) in [5, 5.41) is 1.61. The molecule has 1 aliphatic carbocycles. The molecule has 3 aromatic rings. The van der Waals surface area contributed by atoms with Gasteiger partial charge in [0.15, 0.2) is 0 Å². The summed E-state index contributed by atoms with van der Waals surface area (Å²) < 4.78 is 15.1. The first-order chi connectivity index (χ1) is 16.7. The average molecular weight is 453 g/mol. The van der Waals surface area contributed by atoms with E-state index >= 15 is 4.39 Å². The van der Waals surface area contributed by atoms with Crippen LogP contribution in [0.25, 0.3) is 10.8 Å². The van der Waals surface area contributed by atoms with Crippen LogP contribution in [0.3, 0.4) is 0 Å². The number of rotatable bonds is 8. The molecule has 0 nitrogen and oxygen atoms in total. The predicted octanol–water partition coefficient (Wildman–Crippen LogP) is 9.04. The van der Waals surface area contributed by atoms with Gasteiger partial charge < -0.3 is 0 Å². The smallest absolute Gasteiger partial charge is 0.146 e. The highest BCUT2D eigenvalue weighted by atomic mass is 19.1. The number of hydrogen-bond acceptors (Lipinski definition) is 0. The van der Waals surface area contributed by atoms with Crippen LogP contribution in [0.4, 0.5) is 4.39 Å². The van der Waals surface area contributed by atoms with Crippen LogP contribution in [0.15, 0.2) is 67.3 Å². The van der Waals surface area contributed by atoms with Gasteiger partial charge in [-0.1, -0.05) is 74.1 Å². The van der Waals surface area contributed by atoms with Crippen molar-refractivity contribution in [2.24, 2.45) is 11.8 Å². The first kappa shape index (κ1) is 24.3. The van der Waals surface area contributed by atoms with Gasteiger partial charge in [0.2, 0.25) is 0 Å². The Bertz CT molecular complexity index is 1150. The molecular formula is C33H37F. The molecule has 3 aromatic carbocycles. The summed E-state index contributed by atoms with van der Waals surface area (Å²) in [7, 11) is 0. The van der Waals surface area contributed by atoms with Crippen LogP contribution in [0, 0.1) is 29.5 Å². The predicted molar refractivity (Wildman–Crippen MR) is 144 cm³/mol. The molecule has 0 unspecified atom stereocenters. The second-order valence-corrected chi connectivity index (χ2v) is 9.94. The van der Waals surface area contributed by atoms with Gasteiger partial charge in [0.25, 0.3) is 0 Å². The van der Waals surface area contributed by atoms with Crippen molar-refractivity contribution < 1.29 is 4.39 Å². The number of halogens is 1. The highest BCUT2D eigenvalue weighted by Gasteiger charge is 2.18. The molecule has 0 bridgehead atoms. The van der Waals surface area contributed by atoms with E-state index in [2.05, 4.69) is 67.8 Å². The number of allylic oxidation sites excluding steroid dienone is 1. The van der Waals surface area contributed by atoms with Gasteiger partial charge in [-0.25, -0.2) is 4.39 Å². The van der Waals surface area contributed by atoms with Gasteiger partial charge in [-0.3, -0.25) is 0 Å². The monoisotopic (exact) mass is 452 g/mol. The van der Waals surface area contributed by atoms with E-state index in [1.54, 1.807) is 0 Å². The van der Waals surface area contributed by atoms with Crippen LogP contribution in [-0.4, -0.2) is 0 Å². The average Bonchev–Trinajstić information content (AvgIpc) is 2.88. The lowest BCUT2D eigenvalue weighted by Crippen LogP contribution is -2.13. The van der Waals surface area contributed by atoms with Crippen LogP contribution in [0.2, 0.25) is 0 Å². The van der Waals surface area contributed by atoms with Crippen molar-refractivity contribution in [1.82, 2.24) is 0 Å². The molecule has 0 heterocycles. The summed E-state index contributed by atoms with van der Waals surface area (Å²) in [6.07, 6.45) is 14.5. The molecule has 0 amide bonds. The normalized spacial score (nSPS) is 17.8. The standard InChI is InChI=1S/C33H37F/c1-3-5-6-7-29-19-23-32-31(24-29)22-21-30(33(32)34)20-18-28-16-14-27(15-17-28)13-12-26-10-8-25(4-2)9-11-26/h4,14-17,19,21-26H,2-3,5-13H2,1H3. The number of benzene rings is 3. The van der Waals surface area contributed by atoms with Crippen LogP contribution < -0.4 is 0 Å². The summed E-state index contributed by atoms with van der Waals surface area (Å²) in [5.74, 6) is 7.58. The maximum atomic E-state index is 15.1. The number of hydrogen-bond donors (Lipinski definition) is 0. The molecule has 34 heavy (non-hydrogen) atoms. The molecule has 1 aliphatic rings. The minimum Gasteiger partial charge on any atom is -0.205 e. The van der Waals surface area contributed by atoms with E-state index in [0.717, 1.165) is 35.6 Å². The Morgan fingerprint density at radius 3 is 2.38 bits per heavy atom. The quantitative estimate of drug-likeness (QED) is 0.182. The van der Waals surface area contributed by atoms with Gasteiger partial charge in [0.05, 0.1) is 5.56 Å². The maximum absolute atomic E-state index is 15.1. The number of unbranched alkanes of at least 4 members (excludes halogenated alkanes) is 2. The molecule has 0 saturated heterocycles. The first-order valence-electron chi connectivity index (χ1n) is 13.1. The van der Waals surface area contributed by atoms with Crippen molar-refractivity contribution in [3.05, 3.63) is 95.3 Å². The lowest BCUT2D eigenvalue weighted by Gasteiger charge is -2.26. The highest BCUT2D eigenvalue weighted by molar-refractivity contribution is 5.85. The maximum Gasteiger partial charge on any atom is 0.146 e. The van der Waals surface area contributed by atoms with Crippen molar-refractivity contribution in [2.45, 2.75) is 71.1 Å². The van der Waals surface area contributed by atoms with Crippen molar-refractivity contribution >= 4 is 10.8 Å². The van der Waals surface area contributed by atoms with E-state index in [0.29, 0.717) is 10.9 Å². The molecule has 0 radical (unpaired) electrons. The number of aryl methyl sites for hydroxylation is 2. The van der Waals surface area contributed by atoms with Crippen LogP contribution in [-0.2, 0) is 12.8 Å². The Morgan fingerprint density at radius 1 is 0.882 bits per heavy atom. The Labute approximate surface area is 205 Å². The molecule has 0 aliphatic heterocycles. The first-order valence-corrected chi connectivity index (χ1v) is 13.1. The fourth-order valence-corrected chi connectivity index (χ4v) is 5.15. The van der Waals surface area contributed by atoms with Crippen molar-refractivity contribution in [1.29, 1.82) is 0 Å². The summed E-state index contributed by atoms with van der Waals surface area (Å²) in [4.78, 5) is 0. The third kappa shape index (κ3) is 6.38. The Balaban J connectivity index is 1.37. The Kier molecular flexibility index (Phi) is 8.59. The minimum absolute atomic E-state index is 0.215. The SMILES string of the molecule is C=CC1CCC(CCc2ccc(C#Cc3ccc4cc(CCCCC)ccc4c3F)cc2)CC1. The van der Waals surface area contributed by atoms with Crippen molar-refractivity contribution in [3.63, 3.8) is 0 Å². The summed E-state index contributed by atoms with van der Waals surface area (Å²) in [5.41, 5.74) is 4.04. The molecule has 0 aromatic heterocycles. The lowest BCUT2D eigenvalue weighted by atomic mass is 9.79. The van der Waals surface area contributed by atoms with Crippen molar-refractivity contribution in [3.8, 4) is 11.8 Å². The zero-order valence-electron chi connectivity index (χ0n) is 20.6. The van der Waals surface area contributed by atoms with Gasteiger partial charge in [-0.15, -0.1) is 6.58 Å². The molecule has 0 spiro atoms. The van der Waals surface area contributed by atoms with Gasteiger partial charge in [-0.05, 0) is 97.9 Å². The van der Waals surface area contributed by atoms with Crippen LogP contribution >= 0.6 is 0 Å². The van der Waals surface area contributed by atoms with E-state index in [1.807, 2.05) is 18.2 Å². The molecule has 1 heteroatoms. The minimum atomic E-state index is -0.215. The zero-order valence-corrected chi connectivity index (χ0v) is 20.6. The molecule has 176 valence electrons. The van der Waals surface area contributed by atoms with Gasteiger partial charge in [0, 0.05) is 10.9 Å².